The molecule has 1 aliphatic carbocycles. The van der Waals surface area contributed by atoms with Gasteiger partial charge in [-0.15, -0.1) is 0 Å². The van der Waals surface area contributed by atoms with Crippen molar-refractivity contribution in [3.63, 3.8) is 0 Å². The number of ether oxygens (including phenoxy) is 1. The van der Waals surface area contributed by atoms with Crippen LogP contribution in [0.2, 0.25) is 0 Å². The molecule has 0 aliphatic heterocycles. The first-order valence-electron chi connectivity index (χ1n) is 13.0. The first kappa shape index (κ1) is 26.2. The second-order valence-electron chi connectivity index (χ2n) is 9.89. The summed E-state index contributed by atoms with van der Waals surface area (Å²) in [7, 11) is 0. The Labute approximate surface area is 222 Å². The van der Waals surface area contributed by atoms with Gasteiger partial charge in [-0.2, -0.15) is 0 Å². The molecule has 0 bridgehead atoms. The standard InChI is InChI=1S/C35H37NO/c1-25(2)35(31-14-10-7-11-15-31)28(5)37-24-27(4)36-21-20-32-22-33(29-12-8-6-9-13-29)23-34(32)30-18-16-26(3)17-19-30/h6-19,22-23,33,35H,1,5,20-21,24H2,2-4H3. The smallest absolute Gasteiger partial charge is 0.125 e. The highest BCUT2D eigenvalue weighted by molar-refractivity contribution is 5.84. The van der Waals surface area contributed by atoms with E-state index in [1.807, 2.05) is 32.0 Å². The SMILES string of the molecule is C=C(C)C(C(=C)OCC(C)=NCCC1=CC(c2ccccc2)C=C1c1ccc(C)cc1)c1ccccc1. The highest BCUT2D eigenvalue weighted by atomic mass is 16.5. The van der Waals surface area contributed by atoms with Crippen molar-refractivity contribution in [3.8, 4) is 0 Å². The summed E-state index contributed by atoms with van der Waals surface area (Å²) in [6.45, 7) is 15.7. The van der Waals surface area contributed by atoms with Crippen LogP contribution in [-0.2, 0) is 4.74 Å². The van der Waals surface area contributed by atoms with E-state index in [2.05, 4.69) is 99.0 Å². The van der Waals surface area contributed by atoms with Crippen LogP contribution in [0.5, 0.6) is 0 Å². The predicted octanol–water partition coefficient (Wildman–Crippen LogP) is 8.84. The van der Waals surface area contributed by atoms with Crippen LogP contribution >= 0.6 is 0 Å². The highest BCUT2D eigenvalue weighted by Gasteiger charge is 2.20. The van der Waals surface area contributed by atoms with Crippen LogP contribution in [0.3, 0.4) is 0 Å². The Morgan fingerprint density at radius 3 is 2.16 bits per heavy atom. The van der Waals surface area contributed by atoms with E-state index in [9.17, 15) is 0 Å². The van der Waals surface area contributed by atoms with E-state index in [0.29, 0.717) is 18.3 Å². The third kappa shape index (κ3) is 6.86. The van der Waals surface area contributed by atoms with E-state index in [4.69, 9.17) is 9.73 Å². The van der Waals surface area contributed by atoms with Crippen molar-refractivity contribution in [2.75, 3.05) is 13.2 Å². The molecule has 0 amide bonds. The van der Waals surface area contributed by atoms with Gasteiger partial charge in [0.05, 0.1) is 5.92 Å². The average molecular weight is 488 g/mol. The molecule has 0 radical (unpaired) electrons. The summed E-state index contributed by atoms with van der Waals surface area (Å²) in [5.74, 6) is 0.984. The highest BCUT2D eigenvalue weighted by Crippen LogP contribution is 2.38. The number of aliphatic imine (C=N–C) groups is 1. The van der Waals surface area contributed by atoms with Gasteiger partial charge in [-0.1, -0.05) is 121 Å². The fraction of sp³-hybridized carbons (Fsp3) is 0.229. The summed E-state index contributed by atoms with van der Waals surface area (Å²) in [4.78, 5) is 4.84. The normalized spacial score (nSPS) is 16.1. The van der Waals surface area contributed by atoms with Crippen LogP contribution in [-0.4, -0.2) is 18.9 Å². The molecule has 0 saturated carbocycles. The van der Waals surface area contributed by atoms with Gasteiger partial charge in [-0.05, 0) is 55.0 Å². The quantitative estimate of drug-likeness (QED) is 0.150. The molecule has 2 nitrogen and oxygen atoms in total. The topological polar surface area (TPSA) is 21.6 Å². The molecule has 2 unspecified atom stereocenters. The van der Waals surface area contributed by atoms with Gasteiger partial charge < -0.3 is 4.74 Å². The summed E-state index contributed by atoms with van der Waals surface area (Å²) in [5, 5.41) is 0. The van der Waals surface area contributed by atoms with Gasteiger partial charge in [-0.3, -0.25) is 4.99 Å². The number of benzene rings is 3. The summed E-state index contributed by atoms with van der Waals surface area (Å²) >= 11 is 0. The monoisotopic (exact) mass is 487 g/mol. The van der Waals surface area contributed by atoms with E-state index in [1.54, 1.807) is 0 Å². The molecule has 0 spiro atoms. The predicted molar refractivity (Wildman–Crippen MR) is 158 cm³/mol. The van der Waals surface area contributed by atoms with Crippen molar-refractivity contribution < 1.29 is 4.74 Å². The van der Waals surface area contributed by atoms with Crippen molar-refractivity contribution in [1.29, 1.82) is 0 Å². The molecule has 2 atom stereocenters. The van der Waals surface area contributed by atoms with Crippen LogP contribution in [0.25, 0.3) is 5.57 Å². The van der Waals surface area contributed by atoms with Crippen molar-refractivity contribution in [2.24, 2.45) is 4.99 Å². The molecular formula is C35H37NO. The maximum Gasteiger partial charge on any atom is 0.125 e. The minimum atomic E-state index is -0.0187. The van der Waals surface area contributed by atoms with Gasteiger partial charge in [0.2, 0.25) is 0 Å². The first-order valence-corrected chi connectivity index (χ1v) is 13.0. The Bertz CT molecular complexity index is 1310. The zero-order valence-electron chi connectivity index (χ0n) is 22.3. The van der Waals surface area contributed by atoms with Gasteiger partial charge in [0.1, 0.15) is 12.4 Å². The van der Waals surface area contributed by atoms with Crippen LogP contribution in [0.4, 0.5) is 0 Å². The number of nitrogens with zero attached hydrogens (tertiary/aromatic N) is 1. The maximum absolute atomic E-state index is 6.07. The van der Waals surface area contributed by atoms with E-state index in [0.717, 1.165) is 29.8 Å². The Hall–Kier alpha value is -3.91. The van der Waals surface area contributed by atoms with Crippen LogP contribution in [0, 0.1) is 6.92 Å². The molecule has 3 aromatic rings. The van der Waals surface area contributed by atoms with E-state index >= 15 is 0 Å². The third-order valence-corrected chi connectivity index (χ3v) is 6.80. The summed E-state index contributed by atoms with van der Waals surface area (Å²) < 4.78 is 6.07. The molecule has 0 aromatic heterocycles. The lowest BCUT2D eigenvalue weighted by Gasteiger charge is -2.21. The lowest BCUT2D eigenvalue weighted by molar-refractivity contribution is 0.243. The first-order chi connectivity index (χ1) is 17.9. The molecule has 0 saturated heterocycles. The fourth-order valence-corrected chi connectivity index (χ4v) is 4.83. The summed E-state index contributed by atoms with van der Waals surface area (Å²) in [5.41, 5.74) is 9.66. The molecule has 1 aliphatic rings. The summed E-state index contributed by atoms with van der Waals surface area (Å²) in [6.07, 6.45) is 5.67. The van der Waals surface area contributed by atoms with Gasteiger partial charge in [0.25, 0.3) is 0 Å². The lowest BCUT2D eigenvalue weighted by atomic mass is 9.91. The number of rotatable bonds is 11. The maximum atomic E-state index is 6.07. The van der Waals surface area contributed by atoms with Crippen molar-refractivity contribution in [2.45, 2.75) is 39.0 Å². The molecule has 0 fully saturated rings. The lowest BCUT2D eigenvalue weighted by Crippen LogP contribution is -2.11. The van der Waals surface area contributed by atoms with Crippen molar-refractivity contribution >= 4 is 11.3 Å². The van der Waals surface area contributed by atoms with Crippen LogP contribution < -0.4 is 0 Å². The molecular weight excluding hydrogens is 450 g/mol. The number of hydrogen-bond donors (Lipinski definition) is 0. The molecule has 37 heavy (non-hydrogen) atoms. The zero-order valence-corrected chi connectivity index (χ0v) is 22.3. The van der Waals surface area contributed by atoms with Crippen molar-refractivity contribution in [1.82, 2.24) is 0 Å². The second-order valence-corrected chi connectivity index (χ2v) is 9.89. The van der Waals surface area contributed by atoms with Gasteiger partial charge >= 0.3 is 0 Å². The minimum absolute atomic E-state index is 0.0187. The molecule has 0 N–H and O–H groups in total. The number of allylic oxidation sites excluding steroid dienone is 4. The van der Waals surface area contributed by atoms with Gasteiger partial charge in [0, 0.05) is 18.2 Å². The van der Waals surface area contributed by atoms with Gasteiger partial charge in [-0.25, -0.2) is 0 Å². The molecule has 0 heterocycles. The van der Waals surface area contributed by atoms with E-state index in [-0.39, 0.29) is 5.92 Å². The molecule has 2 heteroatoms. The molecule has 4 rings (SSSR count). The largest absolute Gasteiger partial charge is 0.492 e. The Morgan fingerprint density at radius 1 is 0.865 bits per heavy atom. The number of hydrogen-bond acceptors (Lipinski definition) is 2. The fourth-order valence-electron chi connectivity index (χ4n) is 4.83. The Kier molecular flexibility index (Phi) is 8.74. The third-order valence-electron chi connectivity index (χ3n) is 6.80. The second kappa shape index (κ2) is 12.4. The Balaban J connectivity index is 1.40. The number of aryl methyl sites for hydroxylation is 1. The van der Waals surface area contributed by atoms with Crippen LogP contribution in [0.1, 0.15) is 54.4 Å². The minimum Gasteiger partial charge on any atom is -0.492 e. The Morgan fingerprint density at radius 2 is 1.51 bits per heavy atom. The van der Waals surface area contributed by atoms with Crippen LogP contribution in [0.15, 0.2) is 132 Å². The molecule has 3 aromatic carbocycles. The average Bonchev–Trinajstić information content (AvgIpc) is 3.33. The zero-order chi connectivity index (χ0) is 26.2. The summed E-state index contributed by atoms with van der Waals surface area (Å²) in [6, 6.07) is 29.8. The van der Waals surface area contributed by atoms with Gasteiger partial charge in [0.15, 0.2) is 0 Å². The molecule has 188 valence electrons. The van der Waals surface area contributed by atoms with E-state index < -0.39 is 0 Å². The van der Waals surface area contributed by atoms with Crippen molar-refractivity contribution in [3.05, 3.63) is 149 Å². The van der Waals surface area contributed by atoms with E-state index in [1.165, 1.54) is 27.8 Å².